The maximum atomic E-state index is 14.1. The second-order valence-corrected chi connectivity index (χ2v) is 10.1. The van der Waals surface area contributed by atoms with Gasteiger partial charge in [0.1, 0.15) is 5.82 Å². The van der Waals surface area contributed by atoms with E-state index < -0.39 is 23.3 Å². The van der Waals surface area contributed by atoms with Gasteiger partial charge in [-0.2, -0.15) is 13.2 Å². The highest BCUT2D eigenvalue weighted by atomic mass is 19.4. The maximum absolute atomic E-state index is 14.1. The Kier molecular flexibility index (Phi) is 6.47. The van der Waals surface area contributed by atoms with Crippen LogP contribution in [0.15, 0.2) is 41.2 Å². The molecule has 3 aromatic rings. The average molecular weight is 515 g/mol. The highest BCUT2D eigenvalue weighted by molar-refractivity contribution is 5.94. The first-order valence-corrected chi connectivity index (χ1v) is 12.4. The van der Waals surface area contributed by atoms with Crippen LogP contribution in [-0.4, -0.2) is 46.1 Å². The number of hydrogen-bond acceptors (Lipinski definition) is 5. The number of morpholine rings is 1. The molecule has 0 bridgehead atoms. The third kappa shape index (κ3) is 5.34. The van der Waals surface area contributed by atoms with Crippen molar-refractivity contribution in [3.63, 3.8) is 0 Å². The molecule has 1 aliphatic carbocycles. The fourth-order valence-corrected chi connectivity index (χ4v) is 5.12. The fourth-order valence-electron chi connectivity index (χ4n) is 5.12. The number of fused-ring (bicyclic) bond motifs is 1. The zero-order chi connectivity index (χ0) is 26.5. The van der Waals surface area contributed by atoms with E-state index in [4.69, 9.17) is 4.74 Å². The molecule has 37 heavy (non-hydrogen) atoms. The number of alkyl halides is 3. The Hall–Kier alpha value is -3.40. The molecule has 10 heteroatoms. The zero-order valence-electron chi connectivity index (χ0n) is 20.9. The molecule has 1 saturated carbocycles. The lowest BCUT2D eigenvalue weighted by Gasteiger charge is -2.35. The van der Waals surface area contributed by atoms with Crippen molar-refractivity contribution in [2.75, 3.05) is 18.4 Å². The van der Waals surface area contributed by atoms with Crippen LogP contribution in [0.25, 0.3) is 10.9 Å². The Morgan fingerprint density at radius 3 is 2.38 bits per heavy atom. The molecule has 7 nitrogen and oxygen atoms in total. The van der Waals surface area contributed by atoms with Gasteiger partial charge in [-0.3, -0.25) is 9.59 Å². The number of carbonyl (C=O) groups is 1. The smallest absolute Gasteiger partial charge is 0.378 e. The second kappa shape index (κ2) is 9.48. The summed E-state index contributed by atoms with van der Waals surface area (Å²) in [6, 6.07) is 8.42. The number of anilines is 1. The normalized spacial score (nSPS) is 21.2. The van der Waals surface area contributed by atoms with Crippen molar-refractivity contribution >= 4 is 22.5 Å². The van der Waals surface area contributed by atoms with Crippen LogP contribution >= 0.6 is 0 Å². The summed E-state index contributed by atoms with van der Waals surface area (Å²) in [7, 11) is 0. The van der Waals surface area contributed by atoms with Crippen LogP contribution < -0.4 is 10.9 Å². The van der Waals surface area contributed by atoms with Crippen LogP contribution in [0.4, 0.5) is 18.9 Å². The number of nitrogens with zero attached hydrogens (tertiary/aromatic N) is 2. The molecule has 2 N–H and O–H groups in total. The van der Waals surface area contributed by atoms with E-state index in [1.807, 2.05) is 13.8 Å². The fraction of sp³-hybridized carbons (Fsp3) is 0.444. The predicted molar refractivity (Wildman–Crippen MR) is 134 cm³/mol. The molecule has 2 aromatic carbocycles. The van der Waals surface area contributed by atoms with Crippen molar-refractivity contribution in [2.45, 2.75) is 58.0 Å². The summed E-state index contributed by atoms with van der Waals surface area (Å²) in [5.74, 6) is 0.141. The Morgan fingerprint density at radius 1 is 1.14 bits per heavy atom. The number of nitrogens with one attached hydrogen (secondary N) is 2. The molecule has 1 saturated heterocycles. The van der Waals surface area contributed by atoms with E-state index in [9.17, 15) is 22.8 Å². The number of H-pyrrole nitrogens is 1. The van der Waals surface area contributed by atoms with Crippen LogP contribution in [0, 0.1) is 12.8 Å². The molecular formula is C27H29F3N4O3. The third-order valence-corrected chi connectivity index (χ3v) is 6.89. The van der Waals surface area contributed by atoms with Crippen LogP contribution in [-0.2, 0) is 10.9 Å². The van der Waals surface area contributed by atoms with E-state index in [-0.39, 0.29) is 46.3 Å². The number of amides is 1. The number of halogens is 3. The molecule has 1 aliphatic heterocycles. The van der Waals surface area contributed by atoms with Crippen LogP contribution in [0.1, 0.15) is 60.0 Å². The summed E-state index contributed by atoms with van der Waals surface area (Å²) in [6.07, 6.45) is -3.16. The minimum Gasteiger partial charge on any atom is -0.378 e. The summed E-state index contributed by atoms with van der Waals surface area (Å²) in [5.41, 5.74) is -0.131. The van der Waals surface area contributed by atoms with Gasteiger partial charge in [0.05, 0.1) is 34.7 Å². The van der Waals surface area contributed by atoms with Gasteiger partial charge in [-0.1, -0.05) is 0 Å². The largest absolute Gasteiger partial charge is 0.416 e. The van der Waals surface area contributed by atoms with E-state index in [1.165, 1.54) is 13.0 Å². The molecule has 1 aromatic heterocycles. The lowest BCUT2D eigenvalue weighted by atomic mass is 9.94. The van der Waals surface area contributed by atoms with E-state index in [1.54, 1.807) is 29.2 Å². The van der Waals surface area contributed by atoms with Gasteiger partial charge >= 0.3 is 6.18 Å². The third-order valence-electron chi connectivity index (χ3n) is 6.89. The number of aryl methyl sites for hydroxylation is 1. The molecule has 5 rings (SSSR count). The molecular weight excluding hydrogens is 485 g/mol. The molecule has 2 fully saturated rings. The van der Waals surface area contributed by atoms with Gasteiger partial charge in [-0.15, -0.1) is 0 Å². The van der Waals surface area contributed by atoms with Crippen molar-refractivity contribution in [1.29, 1.82) is 0 Å². The summed E-state index contributed by atoms with van der Waals surface area (Å²) in [4.78, 5) is 33.9. The zero-order valence-corrected chi connectivity index (χ0v) is 20.9. The van der Waals surface area contributed by atoms with Gasteiger partial charge in [-0.25, -0.2) is 4.98 Å². The monoisotopic (exact) mass is 514 g/mol. The Balaban J connectivity index is 1.45. The summed E-state index contributed by atoms with van der Waals surface area (Å²) in [6.45, 7) is 6.39. The van der Waals surface area contributed by atoms with E-state index >= 15 is 0 Å². The molecule has 0 spiro atoms. The topological polar surface area (TPSA) is 87.3 Å². The van der Waals surface area contributed by atoms with Crippen molar-refractivity contribution in [1.82, 2.24) is 14.9 Å². The van der Waals surface area contributed by atoms with Crippen LogP contribution in [0.3, 0.4) is 0 Å². The standard InChI is InChI=1S/C27H29F3N4O3/c1-14-12-34(13-15(2)37-14)26(36)18-6-8-19(9-7-18)33-24(17-4-5-17)20-10-21-23(11-22(20)27(28,29)30)31-16(3)32-25(21)35/h6-11,14-15,17,24,33H,4-5,12-13H2,1-3H3,(H,31,32,35)/t14-,15+,24?. The first kappa shape index (κ1) is 25.3. The van der Waals surface area contributed by atoms with E-state index in [2.05, 4.69) is 15.3 Å². The van der Waals surface area contributed by atoms with Crippen molar-refractivity contribution in [2.24, 2.45) is 5.92 Å². The number of aromatic amines is 1. The Labute approximate surface area is 212 Å². The SMILES string of the molecule is Cc1nc2cc(C(F)(F)F)c(C(Nc3ccc(C(=O)N4C[C@@H](C)O[C@@H](C)C4)cc3)C3CC3)cc2c(=O)[nH]1. The quantitative estimate of drug-likeness (QED) is 0.497. The average Bonchev–Trinajstić information content (AvgIpc) is 3.66. The lowest BCUT2D eigenvalue weighted by molar-refractivity contribution is -0.138. The predicted octanol–water partition coefficient (Wildman–Crippen LogP) is 5.06. The lowest BCUT2D eigenvalue weighted by Crippen LogP contribution is -2.48. The minimum absolute atomic E-state index is 0.00586. The summed E-state index contributed by atoms with van der Waals surface area (Å²) >= 11 is 0. The van der Waals surface area contributed by atoms with Gasteiger partial charge in [0.25, 0.3) is 11.5 Å². The van der Waals surface area contributed by atoms with Crippen LogP contribution in [0.2, 0.25) is 0 Å². The van der Waals surface area contributed by atoms with Crippen molar-refractivity contribution < 1.29 is 22.7 Å². The van der Waals surface area contributed by atoms with Crippen molar-refractivity contribution in [3.05, 3.63) is 69.3 Å². The molecule has 196 valence electrons. The van der Waals surface area contributed by atoms with Gasteiger partial charge < -0.3 is 19.9 Å². The van der Waals surface area contributed by atoms with Crippen LogP contribution in [0.5, 0.6) is 0 Å². The number of aromatic nitrogens is 2. The highest BCUT2D eigenvalue weighted by Crippen LogP contribution is 2.47. The van der Waals surface area contributed by atoms with Gasteiger partial charge in [0.2, 0.25) is 0 Å². The van der Waals surface area contributed by atoms with Crippen molar-refractivity contribution in [3.8, 4) is 0 Å². The first-order valence-electron chi connectivity index (χ1n) is 12.4. The maximum Gasteiger partial charge on any atom is 0.416 e. The molecule has 0 radical (unpaired) electrons. The molecule has 3 atom stereocenters. The molecule has 1 unspecified atom stereocenters. The summed E-state index contributed by atoms with van der Waals surface area (Å²) < 4.78 is 48.1. The number of carbonyl (C=O) groups excluding carboxylic acids is 1. The number of hydrogen-bond donors (Lipinski definition) is 2. The first-order chi connectivity index (χ1) is 17.5. The van der Waals surface area contributed by atoms with E-state index in [0.29, 0.717) is 24.3 Å². The second-order valence-electron chi connectivity index (χ2n) is 10.1. The van der Waals surface area contributed by atoms with Gasteiger partial charge in [0.15, 0.2) is 0 Å². The molecule has 1 amide bonds. The molecule has 2 aliphatic rings. The minimum atomic E-state index is -4.61. The number of benzene rings is 2. The Morgan fingerprint density at radius 2 is 1.78 bits per heavy atom. The Bertz CT molecular complexity index is 1370. The highest BCUT2D eigenvalue weighted by Gasteiger charge is 2.41. The van der Waals surface area contributed by atoms with Gasteiger partial charge in [-0.05, 0) is 81.5 Å². The van der Waals surface area contributed by atoms with Gasteiger partial charge in [0, 0.05) is 24.3 Å². The van der Waals surface area contributed by atoms with E-state index in [0.717, 1.165) is 18.9 Å². The molecule has 2 heterocycles. The number of rotatable bonds is 5. The number of ether oxygens (including phenoxy) is 1. The summed E-state index contributed by atoms with van der Waals surface area (Å²) in [5, 5.41) is 3.37.